The van der Waals surface area contributed by atoms with Gasteiger partial charge in [0, 0.05) is 44.4 Å². The minimum Gasteiger partial charge on any atom is -0.493 e. The van der Waals surface area contributed by atoms with Gasteiger partial charge >= 0.3 is 0 Å². The van der Waals surface area contributed by atoms with E-state index in [4.69, 9.17) is 16.3 Å². The fraction of sp³-hybridized carbons (Fsp3) is 0.556. The van der Waals surface area contributed by atoms with Gasteiger partial charge in [-0.25, -0.2) is 0 Å². The first-order valence-electron chi connectivity index (χ1n) is 12.8. The molecule has 3 rings (SSSR count). The molecule has 0 bridgehead atoms. The first-order valence-corrected chi connectivity index (χ1v) is 13.2. The second-order valence-corrected chi connectivity index (χ2v) is 10.2. The van der Waals surface area contributed by atoms with Crippen LogP contribution in [0.25, 0.3) is 0 Å². The highest BCUT2D eigenvalue weighted by Gasteiger charge is 2.28. The largest absolute Gasteiger partial charge is 0.493 e. The van der Waals surface area contributed by atoms with Crippen molar-refractivity contribution >= 4 is 29.3 Å². The maximum absolute atomic E-state index is 13.3. The molecule has 1 aromatic carbocycles. The topological polar surface area (TPSA) is 88.0 Å². The number of halogens is 1. The molecule has 0 fully saturated rings. The van der Waals surface area contributed by atoms with Crippen LogP contribution in [0, 0.1) is 13.8 Å². The van der Waals surface area contributed by atoms with Crippen molar-refractivity contribution in [1.82, 2.24) is 24.5 Å². The third-order valence-corrected chi connectivity index (χ3v) is 7.03. The van der Waals surface area contributed by atoms with Gasteiger partial charge in [-0.05, 0) is 70.7 Å². The molecule has 0 N–H and O–H groups in total. The molecule has 0 spiro atoms. The van der Waals surface area contributed by atoms with Crippen LogP contribution in [0.3, 0.4) is 0 Å². The molecule has 37 heavy (non-hydrogen) atoms. The van der Waals surface area contributed by atoms with Crippen LogP contribution in [-0.2, 0) is 16.1 Å². The van der Waals surface area contributed by atoms with E-state index < -0.39 is 6.04 Å². The van der Waals surface area contributed by atoms with Gasteiger partial charge in [0.25, 0.3) is 5.91 Å². The molecule has 9 nitrogen and oxygen atoms in total. The van der Waals surface area contributed by atoms with E-state index in [0.29, 0.717) is 49.0 Å². The van der Waals surface area contributed by atoms with Crippen molar-refractivity contribution < 1.29 is 19.1 Å². The zero-order chi connectivity index (χ0) is 27.1. The number of fused-ring (bicyclic) bond motifs is 1. The van der Waals surface area contributed by atoms with E-state index in [1.165, 1.54) is 4.90 Å². The Hall–Kier alpha value is -3.07. The first kappa shape index (κ1) is 28.5. The van der Waals surface area contributed by atoms with Crippen LogP contribution >= 0.6 is 11.6 Å². The van der Waals surface area contributed by atoms with Crippen LogP contribution in [0.2, 0.25) is 5.02 Å². The van der Waals surface area contributed by atoms with Crippen molar-refractivity contribution in [2.24, 2.45) is 0 Å². The van der Waals surface area contributed by atoms with Crippen LogP contribution < -0.4 is 4.74 Å². The van der Waals surface area contributed by atoms with Crippen LogP contribution in [0.4, 0.5) is 0 Å². The van der Waals surface area contributed by atoms with E-state index in [1.807, 2.05) is 24.8 Å². The second-order valence-electron chi connectivity index (χ2n) is 9.72. The summed E-state index contributed by atoms with van der Waals surface area (Å²) in [5.41, 5.74) is 2.17. The monoisotopic (exact) mass is 531 g/mol. The Morgan fingerprint density at radius 2 is 1.73 bits per heavy atom. The first-order chi connectivity index (χ1) is 17.6. The lowest BCUT2D eigenvalue weighted by atomic mass is 10.1. The van der Waals surface area contributed by atoms with Gasteiger partial charge in [-0.15, -0.1) is 0 Å². The zero-order valence-corrected chi connectivity index (χ0v) is 23.3. The standard InChI is InChI=1S/C27H38ClN5O4/c1-19-16-20(2)33(29-19)18-25(34)32-13-7-6-12-30(4)26(35)21(3)31(5)27(36)23-17-22(28)10-11-24(23)37-15-9-8-14-32/h10-11,16-17,21H,6-9,12-15,18H2,1-5H3/t21-/m0/s1. The number of aryl methyl sites for hydroxylation is 2. The zero-order valence-electron chi connectivity index (χ0n) is 22.5. The quantitative estimate of drug-likeness (QED) is 0.591. The van der Waals surface area contributed by atoms with Gasteiger partial charge in [-0.1, -0.05) is 11.6 Å². The number of aromatic nitrogens is 2. The van der Waals surface area contributed by atoms with Gasteiger partial charge in [-0.3, -0.25) is 19.1 Å². The van der Waals surface area contributed by atoms with E-state index in [0.717, 1.165) is 30.7 Å². The normalized spacial score (nSPS) is 18.9. The molecule has 2 heterocycles. The lowest BCUT2D eigenvalue weighted by Crippen LogP contribution is -2.47. The predicted molar refractivity (Wildman–Crippen MR) is 143 cm³/mol. The van der Waals surface area contributed by atoms with Crippen molar-refractivity contribution in [2.45, 2.75) is 59.0 Å². The summed E-state index contributed by atoms with van der Waals surface area (Å²) in [6.45, 7) is 7.92. The number of amides is 3. The van der Waals surface area contributed by atoms with Crippen LogP contribution in [0.5, 0.6) is 5.75 Å². The molecule has 1 aliphatic rings. The lowest BCUT2D eigenvalue weighted by Gasteiger charge is -2.29. The average Bonchev–Trinajstić information content (AvgIpc) is 3.18. The lowest BCUT2D eigenvalue weighted by molar-refractivity contribution is -0.134. The summed E-state index contributed by atoms with van der Waals surface area (Å²) in [5, 5.41) is 4.85. The Morgan fingerprint density at radius 1 is 1.05 bits per heavy atom. The van der Waals surface area contributed by atoms with E-state index in [9.17, 15) is 14.4 Å². The van der Waals surface area contributed by atoms with Gasteiger partial charge in [0.05, 0.1) is 17.9 Å². The second kappa shape index (κ2) is 12.9. The van der Waals surface area contributed by atoms with Crippen LogP contribution in [0.1, 0.15) is 54.4 Å². The van der Waals surface area contributed by atoms with Gasteiger partial charge < -0.3 is 19.4 Å². The minimum atomic E-state index is -0.654. The Balaban J connectivity index is 1.77. The number of carbonyl (C=O) groups excluding carboxylic acids is 3. The number of hydrogen-bond acceptors (Lipinski definition) is 5. The number of carbonyl (C=O) groups is 3. The summed E-state index contributed by atoms with van der Waals surface area (Å²) in [7, 11) is 3.36. The highest BCUT2D eigenvalue weighted by Crippen LogP contribution is 2.25. The fourth-order valence-corrected chi connectivity index (χ4v) is 4.59. The smallest absolute Gasteiger partial charge is 0.258 e. The number of nitrogens with zero attached hydrogens (tertiary/aromatic N) is 5. The van der Waals surface area contributed by atoms with Crippen molar-refractivity contribution in [2.75, 3.05) is 40.3 Å². The van der Waals surface area contributed by atoms with Crippen LogP contribution in [0.15, 0.2) is 24.3 Å². The highest BCUT2D eigenvalue weighted by molar-refractivity contribution is 6.31. The minimum absolute atomic E-state index is 0.0234. The summed E-state index contributed by atoms with van der Waals surface area (Å²) in [4.78, 5) is 44.4. The number of rotatable bonds is 2. The Kier molecular flexibility index (Phi) is 9.97. The fourth-order valence-electron chi connectivity index (χ4n) is 4.42. The molecule has 10 heteroatoms. The molecular weight excluding hydrogens is 494 g/mol. The number of benzene rings is 1. The average molecular weight is 532 g/mol. The van der Waals surface area contributed by atoms with E-state index in [1.54, 1.807) is 48.8 Å². The third kappa shape index (κ3) is 7.47. The molecule has 1 aromatic heterocycles. The molecule has 2 aromatic rings. The van der Waals surface area contributed by atoms with Crippen molar-refractivity contribution in [3.8, 4) is 5.75 Å². The molecule has 1 atom stereocenters. The Morgan fingerprint density at radius 3 is 2.41 bits per heavy atom. The third-order valence-electron chi connectivity index (χ3n) is 6.80. The number of ether oxygens (including phenoxy) is 1. The summed E-state index contributed by atoms with van der Waals surface area (Å²) < 4.78 is 7.70. The van der Waals surface area contributed by atoms with E-state index in [-0.39, 0.29) is 24.3 Å². The molecule has 0 aliphatic carbocycles. The molecule has 0 unspecified atom stereocenters. The van der Waals surface area contributed by atoms with Crippen molar-refractivity contribution in [3.05, 3.63) is 46.2 Å². The molecular formula is C27H38ClN5O4. The Bertz CT molecular complexity index is 1120. The van der Waals surface area contributed by atoms with Gasteiger partial charge in [0.2, 0.25) is 11.8 Å². The molecule has 202 valence electrons. The molecule has 1 aliphatic heterocycles. The summed E-state index contributed by atoms with van der Waals surface area (Å²) in [5.74, 6) is -0.0227. The number of hydrogen-bond donors (Lipinski definition) is 0. The highest BCUT2D eigenvalue weighted by atomic mass is 35.5. The molecule has 0 radical (unpaired) electrons. The van der Waals surface area contributed by atoms with Crippen molar-refractivity contribution in [3.63, 3.8) is 0 Å². The maximum Gasteiger partial charge on any atom is 0.258 e. The van der Waals surface area contributed by atoms with Crippen molar-refractivity contribution in [1.29, 1.82) is 0 Å². The van der Waals surface area contributed by atoms with Gasteiger partial charge in [0.1, 0.15) is 18.3 Å². The van der Waals surface area contributed by atoms with Crippen LogP contribution in [-0.4, -0.2) is 88.6 Å². The summed E-state index contributed by atoms with van der Waals surface area (Å²) in [6.07, 6.45) is 2.99. The summed E-state index contributed by atoms with van der Waals surface area (Å²) >= 11 is 6.18. The predicted octanol–water partition coefficient (Wildman–Crippen LogP) is 3.55. The SMILES string of the molecule is Cc1cc(C)n(CC(=O)N2CCCCOc3ccc(Cl)cc3C(=O)N(C)[C@@H](C)C(=O)N(C)CCCC2)n1. The summed E-state index contributed by atoms with van der Waals surface area (Å²) in [6, 6.07) is 6.24. The molecule has 0 saturated heterocycles. The van der Waals surface area contributed by atoms with E-state index in [2.05, 4.69) is 5.10 Å². The molecule has 3 amide bonds. The van der Waals surface area contributed by atoms with E-state index >= 15 is 0 Å². The maximum atomic E-state index is 13.3. The Labute approximate surface area is 224 Å². The number of likely N-dealkylation sites (N-methyl/N-ethyl adjacent to an activating group) is 2. The van der Waals surface area contributed by atoms with Gasteiger partial charge in [-0.2, -0.15) is 5.10 Å². The van der Waals surface area contributed by atoms with Gasteiger partial charge in [0.15, 0.2) is 0 Å². The molecule has 0 saturated carbocycles.